The highest BCUT2D eigenvalue weighted by Gasteiger charge is 2.44. The van der Waals surface area contributed by atoms with E-state index in [1.54, 1.807) is 12.1 Å². The van der Waals surface area contributed by atoms with Gasteiger partial charge < -0.3 is 0 Å². The minimum atomic E-state index is -4.26. The Balaban J connectivity index is 2.15. The molecule has 2 rings (SSSR count). The van der Waals surface area contributed by atoms with Gasteiger partial charge in [0.2, 0.25) is 0 Å². The summed E-state index contributed by atoms with van der Waals surface area (Å²) in [5.74, 6) is 0. The van der Waals surface area contributed by atoms with Crippen molar-refractivity contribution in [2.45, 2.75) is 28.7 Å². The van der Waals surface area contributed by atoms with Gasteiger partial charge >= 0.3 is 5.51 Å². The van der Waals surface area contributed by atoms with Crippen molar-refractivity contribution in [3.05, 3.63) is 29.8 Å². The Bertz CT molecular complexity index is 426. The summed E-state index contributed by atoms with van der Waals surface area (Å²) < 4.78 is 36.2. The fourth-order valence-corrected chi connectivity index (χ4v) is 2.11. The lowest BCUT2D eigenvalue weighted by molar-refractivity contribution is -0.0328. The van der Waals surface area contributed by atoms with Crippen LogP contribution in [-0.4, -0.2) is 5.51 Å². The van der Waals surface area contributed by atoms with Gasteiger partial charge in [-0.2, -0.15) is 18.4 Å². The van der Waals surface area contributed by atoms with E-state index in [9.17, 15) is 13.2 Å². The highest BCUT2D eigenvalue weighted by atomic mass is 32.2. The molecule has 1 aliphatic carbocycles. The molecular formula is C11H8F3NS. The first-order valence-electron chi connectivity index (χ1n) is 4.73. The molecule has 0 spiro atoms. The molecule has 16 heavy (non-hydrogen) atoms. The Morgan fingerprint density at radius 1 is 1.19 bits per heavy atom. The van der Waals surface area contributed by atoms with Crippen LogP contribution in [0.2, 0.25) is 0 Å². The van der Waals surface area contributed by atoms with Gasteiger partial charge in [0.1, 0.15) is 0 Å². The van der Waals surface area contributed by atoms with Crippen LogP contribution in [0.1, 0.15) is 18.4 Å². The SMILES string of the molecule is N#CC1(c2ccc(SC(F)(F)F)cc2)CC1. The Kier molecular flexibility index (Phi) is 2.62. The van der Waals surface area contributed by atoms with E-state index in [-0.39, 0.29) is 16.7 Å². The van der Waals surface area contributed by atoms with Gasteiger partial charge in [-0.25, -0.2) is 0 Å². The maximum atomic E-state index is 12.1. The third-order valence-corrected chi connectivity index (χ3v) is 3.34. The minimum absolute atomic E-state index is 0.135. The van der Waals surface area contributed by atoms with E-state index in [1.165, 1.54) is 12.1 Å². The number of thioether (sulfide) groups is 1. The largest absolute Gasteiger partial charge is 0.446 e. The molecule has 0 saturated heterocycles. The van der Waals surface area contributed by atoms with Crippen LogP contribution in [-0.2, 0) is 5.41 Å². The monoisotopic (exact) mass is 243 g/mol. The number of hydrogen-bond acceptors (Lipinski definition) is 2. The molecule has 0 aliphatic heterocycles. The molecule has 0 amide bonds. The molecule has 0 aromatic heterocycles. The number of benzene rings is 1. The number of rotatable bonds is 2. The summed E-state index contributed by atoms with van der Waals surface area (Å²) in [5.41, 5.74) is -3.86. The maximum absolute atomic E-state index is 12.1. The fourth-order valence-electron chi connectivity index (χ4n) is 1.57. The molecule has 0 radical (unpaired) electrons. The van der Waals surface area contributed by atoms with Crippen LogP contribution in [0.5, 0.6) is 0 Å². The third-order valence-electron chi connectivity index (χ3n) is 2.60. The molecule has 1 aromatic carbocycles. The minimum Gasteiger partial charge on any atom is -0.197 e. The van der Waals surface area contributed by atoms with Crippen molar-refractivity contribution < 1.29 is 13.2 Å². The molecule has 0 unspecified atom stereocenters. The molecular weight excluding hydrogens is 235 g/mol. The topological polar surface area (TPSA) is 23.8 Å². The summed E-state index contributed by atoms with van der Waals surface area (Å²) >= 11 is -0.135. The van der Waals surface area contributed by atoms with Crippen LogP contribution in [0, 0.1) is 11.3 Å². The second-order valence-corrected chi connectivity index (χ2v) is 4.90. The van der Waals surface area contributed by atoms with Gasteiger partial charge in [-0.3, -0.25) is 0 Å². The quantitative estimate of drug-likeness (QED) is 0.736. The van der Waals surface area contributed by atoms with Gasteiger partial charge in [-0.1, -0.05) is 12.1 Å². The van der Waals surface area contributed by atoms with Gasteiger partial charge in [0, 0.05) is 4.90 Å². The van der Waals surface area contributed by atoms with Gasteiger partial charge in [0.15, 0.2) is 0 Å². The van der Waals surface area contributed by atoms with Gasteiger partial charge in [0.25, 0.3) is 0 Å². The first-order valence-corrected chi connectivity index (χ1v) is 5.54. The normalized spacial score (nSPS) is 17.9. The summed E-state index contributed by atoms with van der Waals surface area (Å²) in [4.78, 5) is 0.157. The number of alkyl halides is 3. The Labute approximate surface area is 95.3 Å². The van der Waals surface area contributed by atoms with E-state index < -0.39 is 10.9 Å². The van der Waals surface area contributed by atoms with E-state index >= 15 is 0 Å². The van der Waals surface area contributed by atoms with Crippen LogP contribution in [0.25, 0.3) is 0 Å². The van der Waals surface area contributed by atoms with Crippen LogP contribution in [0.4, 0.5) is 13.2 Å². The van der Waals surface area contributed by atoms with E-state index in [0.717, 1.165) is 18.4 Å². The zero-order chi connectivity index (χ0) is 11.8. The van der Waals surface area contributed by atoms with Crippen LogP contribution in [0.3, 0.4) is 0 Å². The maximum Gasteiger partial charge on any atom is 0.446 e. The van der Waals surface area contributed by atoms with Crippen molar-refractivity contribution in [1.82, 2.24) is 0 Å². The predicted molar refractivity (Wildman–Crippen MR) is 54.9 cm³/mol. The van der Waals surface area contributed by atoms with Gasteiger partial charge in [-0.05, 0) is 42.3 Å². The van der Waals surface area contributed by atoms with Crippen LogP contribution < -0.4 is 0 Å². The smallest absolute Gasteiger partial charge is 0.197 e. The standard InChI is InChI=1S/C11H8F3NS/c12-11(13,14)16-9-3-1-8(2-4-9)10(7-15)5-6-10/h1-4H,5-6H2. The first kappa shape index (κ1) is 11.3. The molecule has 1 aromatic rings. The lowest BCUT2D eigenvalue weighted by Crippen LogP contribution is -2.02. The van der Waals surface area contributed by atoms with E-state index in [0.29, 0.717) is 0 Å². The zero-order valence-corrected chi connectivity index (χ0v) is 9.03. The van der Waals surface area contributed by atoms with Crippen molar-refractivity contribution in [3.8, 4) is 6.07 Å². The Morgan fingerprint density at radius 2 is 1.75 bits per heavy atom. The summed E-state index contributed by atoms with van der Waals surface area (Å²) in [6.07, 6.45) is 1.60. The lowest BCUT2D eigenvalue weighted by atomic mass is 9.98. The third kappa shape index (κ3) is 2.33. The van der Waals surface area contributed by atoms with E-state index in [4.69, 9.17) is 5.26 Å². The molecule has 0 N–H and O–H groups in total. The molecule has 0 atom stereocenters. The molecule has 1 saturated carbocycles. The molecule has 84 valence electrons. The molecule has 5 heteroatoms. The van der Waals surface area contributed by atoms with Crippen molar-refractivity contribution in [2.75, 3.05) is 0 Å². The summed E-state index contributed by atoms with van der Waals surface area (Å²) in [5, 5.41) is 8.93. The number of halogens is 3. The lowest BCUT2D eigenvalue weighted by Gasteiger charge is -2.08. The Hall–Kier alpha value is -1.15. The Morgan fingerprint density at radius 3 is 2.12 bits per heavy atom. The number of hydrogen-bond donors (Lipinski definition) is 0. The van der Waals surface area contributed by atoms with E-state index in [1.807, 2.05) is 0 Å². The summed E-state index contributed by atoms with van der Waals surface area (Å²) in [6.45, 7) is 0. The fraction of sp³-hybridized carbons (Fsp3) is 0.364. The van der Waals surface area contributed by atoms with Crippen LogP contribution >= 0.6 is 11.8 Å². The molecule has 0 heterocycles. The first-order chi connectivity index (χ1) is 7.45. The highest BCUT2D eigenvalue weighted by Crippen LogP contribution is 2.48. The number of nitrogens with zero attached hydrogens (tertiary/aromatic N) is 1. The second-order valence-electron chi connectivity index (χ2n) is 3.77. The molecule has 0 bridgehead atoms. The average molecular weight is 243 g/mol. The predicted octanol–water partition coefficient (Wildman–Crippen LogP) is 3.85. The summed E-state index contributed by atoms with van der Waals surface area (Å²) in [6, 6.07) is 8.28. The molecule has 1 nitrogen and oxygen atoms in total. The van der Waals surface area contributed by atoms with Gasteiger partial charge in [0.05, 0.1) is 11.5 Å². The molecule has 1 fully saturated rings. The van der Waals surface area contributed by atoms with E-state index in [2.05, 4.69) is 6.07 Å². The van der Waals surface area contributed by atoms with Gasteiger partial charge in [-0.15, -0.1) is 0 Å². The van der Waals surface area contributed by atoms with Crippen molar-refractivity contribution in [3.63, 3.8) is 0 Å². The molecule has 1 aliphatic rings. The van der Waals surface area contributed by atoms with Crippen molar-refractivity contribution >= 4 is 11.8 Å². The van der Waals surface area contributed by atoms with Crippen LogP contribution in [0.15, 0.2) is 29.2 Å². The highest BCUT2D eigenvalue weighted by molar-refractivity contribution is 8.00. The zero-order valence-electron chi connectivity index (χ0n) is 8.21. The second kappa shape index (κ2) is 3.70. The average Bonchev–Trinajstić information content (AvgIpc) is 2.97. The summed E-state index contributed by atoms with van der Waals surface area (Å²) in [7, 11) is 0. The van der Waals surface area contributed by atoms with Crippen molar-refractivity contribution in [1.29, 1.82) is 5.26 Å². The van der Waals surface area contributed by atoms with Crippen molar-refractivity contribution in [2.24, 2.45) is 0 Å². The number of nitriles is 1.